The number of phenolic OH excluding ortho intramolecular Hbond substituents is 1. The summed E-state index contributed by atoms with van der Waals surface area (Å²) in [4.78, 5) is 23.5. The van der Waals surface area contributed by atoms with Crippen molar-refractivity contribution in [1.82, 2.24) is 4.57 Å². The van der Waals surface area contributed by atoms with Crippen LogP contribution in [0.5, 0.6) is 5.75 Å². The molecule has 0 aliphatic rings. The molecule has 2 N–H and O–H groups in total. The van der Waals surface area contributed by atoms with E-state index in [0.717, 1.165) is 5.56 Å². The van der Waals surface area contributed by atoms with E-state index in [9.17, 15) is 19.8 Å². The van der Waals surface area contributed by atoms with Crippen LogP contribution in [0.4, 0.5) is 0 Å². The number of carboxylic acids is 1. The van der Waals surface area contributed by atoms with Crippen LogP contribution in [0.1, 0.15) is 15.9 Å². The lowest BCUT2D eigenvalue weighted by Gasteiger charge is -2.12. The number of phenols is 1. The highest BCUT2D eigenvalue weighted by atomic mass is 16.4. The Balaban J connectivity index is 2.19. The molecular weight excluding hydrogens is 282 g/mol. The fourth-order valence-corrected chi connectivity index (χ4v) is 2.43. The number of carboxylic acid groups (broad SMARTS) is 1. The van der Waals surface area contributed by atoms with Crippen molar-refractivity contribution in [2.75, 3.05) is 0 Å². The highest BCUT2D eigenvalue weighted by molar-refractivity contribution is 5.92. The van der Waals surface area contributed by atoms with E-state index in [1.54, 1.807) is 53.1 Å². The lowest BCUT2D eigenvalue weighted by molar-refractivity contribution is 0.0695. The molecule has 0 aliphatic carbocycles. The maximum absolute atomic E-state index is 12.2. The second kappa shape index (κ2) is 5.37. The van der Waals surface area contributed by atoms with Crippen LogP contribution in [0.15, 0.2) is 59.5 Å². The number of carbonyl (C=O) groups is 1. The van der Waals surface area contributed by atoms with Crippen molar-refractivity contribution < 1.29 is 15.0 Å². The molecule has 5 nitrogen and oxygen atoms in total. The summed E-state index contributed by atoms with van der Waals surface area (Å²) < 4.78 is 1.73. The standard InChI is InChI=1S/C17H13NO4/c19-12-7-5-11(6-8-12)9-18-10-14(17(21)22)16(20)13-3-1-2-4-15(13)18/h1-8,10,19H,9H2,(H,21,22). The number of hydrogen-bond acceptors (Lipinski definition) is 3. The van der Waals surface area contributed by atoms with E-state index in [-0.39, 0.29) is 11.3 Å². The van der Waals surface area contributed by atoms with E-state index >= 15 is 0 Å². The second-order valence-electron chi connectivity index (χ2n) is 4.99. The Kier molecular flexibility index (Phi) is 3.39. The van der Waals surface area contributed by atoms with Gasteiger partial charge in [-0.25, -0.2) is 4.79 Å². The molecule has 0 aliphatic heterocycles. The molecule has 0 atom stereocenters. The zero-order valence-corrected chi connectivity index (χ0v) is 11.6. The third-order valence-corrected chi connectivity index (χ3v) is 3.51. The Bertz CT molecular complexity index is 910. The molecule has 3 aromatic rings. The molecule has 1 heterocycles. The van der Waals surface area contributed by atoms with Gasteiger partial charge in [0, 0.05) is 18.1 Å². The average molecular weight is 295 g/mol. The minimum Gasteiger partial charge on any atom is -0.508 e. The highest BCUT2D eigenvalue weighted by Gasteiger charge is 2.14. The summed E-state index contributed by atoms with van der Waals surface area (Å²) in [5, 5.41) is 18.9. The number of aromatic hydroxyl groups is 1. The van der Waals surface area contributed by atoms with Crippen molar-refractivity contribution in [3.05, 3.63) is 76.1 Å². The fraction of sp³-hybridized carbons (Fsp3) is 0.0588. The summed E-state index contributed by atoms with van der Waals surface area (Å²) in [5.74, 6) is -1.07. The quantitative estimate of drug-likeness (QED) is 0.778. The van der Waals surface area contributed by atoms with Gasteiger partial charge in [0.1, 0.15) is 11.3 Å². The van der Waals surface area contributed by atoms with E-state index in [2.05, 4.69) is 0 Å². The van der Waals surface area contributed by atoms with Crippen molar-refractivity contribution in [1.29, 1.82) is 0 Å². The van der Waals surface area contributed by atoms with Crippen LogP contribution in [0, 0.1) is 0 Å². The summed E-state index contributed by atoms with van der Waals surface area (Å²) in [6.45, 7) is 0.404. The molecule has 0 radical (unpaired) electrons. The first kappa shape index (κ1) is 13.9. The van der Waals surface area contributed by atoms with E-state index in [4.69, 9.17) is 0 Å². The summed E-state index contributed by atoms with van der Waals surface area (Å²) in [6, 6.07) is 13.6. The molecule has 0 amide bonds. The molecule has 2 aromatic carbocycles. The normalized spacial score (nSPS) is 10.7. The molecule has 22 heavy (non-hydrogen) atoms. The van der Waals surface area contributed by atoms with Crippen molar-refractivity contribution in [2.45, 2.75) is 6.54 Å². The van der Waals surface area contributed by atoms with Gasteiger partial charge in [-0.3, -0.25) is 4.79 Å². The SMILES string of the molecule is O=C(O)c1cn(Cc2ccc(O)cc2)c2ccccc2c1=O. The predicted molar refractivity (Wildman–Crippen MR) is 82.4 cm³/mol. The number of nitrogens with zero attached hydrogens (tertiary/aromatic N) is 1. The van der Waals surface area contributed by atoms with E-state index in [1.807, 2.05) is 0 Å². The summed E-state index contributed by atoms with van der Waals surface area (Å²) in [7, 11) is 0. The van der Waals surface area contributed by atoms with Gasteiger partial charge in [-0.2, -0.15) is 0 Å². The maximum atomic E-state index is 12.2. The Hall–Kier alpha value is -3.08. The van der Waals surface area contributed by atoms with Crippen LogP contribution >= 0.6 is 0 Å². The van der Waals surface area contributed by atoms with Gasteiger partial charge in [0.15, 0.2) is 0 Å². The molecule has 0 bridgehead atoms. The number of hydrogen-bond donors (Lipinski definition) is 2. The van der Waals surface area contributed by atoms with Gasteiger partial charge < -0.3 is 14.8 Å². The molecule has 0 spiro atoms. The van der Waals surface area contributed by atoms with Gasteiger partial charge in [0.25, 0.3) is 0 Å². The molecule has 0 saturated carbocycles. The third-order valence-electron chi connectivity index (χ3n) is 3.51. The van der Waals surface area contributed by atoms with Gasteiger partial charge in [-0.05, 0) is 29.8 Å². The van der Waals surface area contributed by atoms with Crippen LogP contribution < -0.4 is 5.43 Å². The summed E-state index contributed by atoms with van der Waals surface area (Å²) >= 11 is 0. The van der Waals surface area contributed by atoms with Gasteiger partial charge >= 0.3 is 5.97 Å². The number of pyridine rings is 1. The Morgan fingerprint density at radius 1 is 1.05 bits per heavy atom. The molecule has 0 fully saturated rings. The lowest BCUT2D eigenvalue weighted by atomic mass is 10.1. The first-order chi connectivity index (χ1) is 10.6. The molecule has 3 rings (SSSR count). The first-order valence-corrected chi connectivity index (χ1v) is 6.69. The largest absolute Gasteiger partial charge is 0.508 e. The molecule has 1 aromatic heterocycles. The van der Waals surface area contributed by atoms with Crippen LogP contribution in [0.2, 0.25) is 0 Å². The summed E-state index contributed by atoms with van der Waals surface area (Å²) in [6.07, 6.45) is 1.36. The number of benzene rings is 2. The number of para-hydroxylation sites is 1. The monoisotopic (exact) mass is 295 g/mol. The number of fused-ring (bicyclic) bond motifs is 1. The third kappa shape index (κ3) is 2.44. The molecule has 0 saturated heterocycles. The Labute approximate surface area is 125 Å². The van der Waals surface area contributed by atoms with E-state index < -0.39 is 11.4 Å². The summed E-state index contributed by atoms with van der Waals surface area (Å²) in [5.41, 5.74) is 0.830. The van der Waals surface area contributed by atoms with Gasteiger partial charge in [-0.15, -0.1) is 0 Å². The average Bonchev–Trinajstić information content (AvgIpc) is 2.52. The maximum Gasteiger partial charge on any atom is 0.341 e. The Morgan fingerprint density at radius 2 is 1.73 bits per heavy atom. The Morgan fingerprint density at radius 3 is 2.41 bits per heavy atom. The zero-order chi connectivity index (χ0) is 15.7. The topological polar surface area (TPSA) is 79.5 Å². The molecule has 0 unspecified atom stereocenters. The highest BCUT2D eigenvalue weighted by Crippen LogP contribution is 2.16. The van der Waals surface area contributed by atoms with E-state index in [1.165, 1.54) is 6.20 Å². The van der Waals surface area contributed by atoms with Gasteiger partial charge in [0.05, 0.1) is 5.52 Å². The molecular formula is C17H13NO4. The van der Waals surface area contributed by atoms with Crippen molar-refractivity contribution in [2.24, 2.45) is 0 Å². The smallest absolute Gasteiger partial charge is 0.341 e. The molecule has 110 valence electrons. The zero-order valence-electron chi connectivity index (χ0n) is 11.6. The van der Waals surface area contributed by atoms with Crippen molar-refractivity contribution in [3.8, 4) is 5.75 Å². The van der Waals surface area contributed by atoms with E-state index in [0.29, 0.717) is 17.4 Å². The van der Waals surface area contributed by atoms with Crippen molar-refractivity contribution in [3.63, 3.8) is 0 Å². The fourth-order valence-electron chi connectivity index (χ4n) is 2.43. The number of aromatic nitrogens is 1. The minimum absolute atomic E-state index is 0.166. The first-order valence-electron chi connectivity index (χ1n) is 6.69. The lowest BCUT2D eigenvalue weighted by Crippen LogP contribution is -2.19. The minimum atomic E-state index is -1.24. The predicted octanol–water partition coefficient (Wildman–Crippen LogP) is 2.45. The van der Waals surface area contributed by atoms with Crippen LogP contribution in [-0.2, 0) is 6.54 Å². The van der Waals surface area contributed by atoms with Gasteiger partial charge in [-0.1, -0.05) is 24.3 Å². The van der Waals surface area contributed by atoms with Crippen LogP contribution in [0.25, 0.3) is 10.9 Å². The number of aromatic carboxylic acids is 1. The van der Waals surface area contributed by atoms with Crippen molar-refractivity contribution >= 4 is 16.9 Å². The van der Waals surface area contributed by atoms with Crippen LogP contribution in [-0.4, -0.2) is 20.7 Å². The molecule has 5 heteroatoms. The number of rotatable bonds is 3. The van der Waals surface area contributed by atoms with Crippen LogP contribution in [0.3, 0.4) is 0 Å². The second-order valence-corrected chi connectivity index (χ2v) is 4.99. The van der Waals surface area contributed by atoms with Gasteiger partial charge in [0.2, 0.25) is 5.43 Å².